The number of aromatic nitrogens is 4. The molecule has 1 aliphatic heterocycles. The SMILES string of the molecule is CN(CC(=O)CC1(C)CCOC1)c1nc(-c2cn(C)cn2)nc2c1CCC2. The molecule has 1 fully saturated rings. The number of ether oxygens (including phenoxy) is 1. The highest BCUT2D eigenvalue weighted by atomic mass is 16.5. The molecule has 1 aliphatic carbocycles. The maximum absolute atomic E-state index is 12.7. The lowest BCUT2D eigenvalue weighted by Crippen LogP contribution is -2.31. The van der Waals surface area contributed by atoms with Gasteiger partial charge in [0.1, 0.15) is 11.5 Å². The molecule has 7 nitrogen and oxygen atoms in total. The Morgan fingerprint density at radius 2 is 2.22 bits per heavy atom. The van der Waals surface area contributed by atoms with E-state index in [-0.39, 0.29) is 11.2 Å². The van der Waals surface area contributed by atoms with Crippen LogP contribution >= 0.6 is 0 Å². The quantitative estimate of drug-likeness (QED) is 0.777. The third-order valence-electron chi connectivity index (χ3n) is 5.54. The van der Waals surface area contributed by atoms with Crippen molar-refractivity contribution < 1.29 is 9.53 Å². The highest BCUT2D eigenvalue weighted by Gasteiger charge is 2.32. The first-order valence-corrected chi connectivity index (χ1v) is 9.62. The number of carbonyl (C=O) groups is 1. The molecule has 4 rings (SSSR count). The third-order valence-corrected chi connectivity index (χ3v) is 5.54. The van der Waals surface area contributed by atoms with Crippen LogP contribution in [0.25, 0.3) is 11.5 Å². The number of aryl methyl sites for hydroxylation is 2. The van der Waals surface area contributed by atoms with Gasteiger partial charge in [0.25, 0.3) is 0 Å². The van der Waals surface area contributed by atoms with Gasteiger partial charge in [-0.05, 0) is 25.7 Å². The predicted molar refractivity (Wildman–Crippen MR) is 103 cm³/mol. The van der Waals surface area contributed by atoms with Crippen LogP contribution in [0.5, 0.6) is 0 Å². The number of nitrogens with zero attached hydrogens (tertiary/aromatic N) is 5. The largest absolute Gasteiger partial charge is 0.381 e. The second-order valence-electron chi connectivity index (χ2n) is 8.26. The Kier molecular flexibility index (Phi) is 4.72. The summed E-state index contributed by atoms with van der Waals surface area (Å²) < 4.78 is 7.37. The van der Waals surface area contributed by atoms with Crippen molar-refractivity contribution in [3.8, 4) is 11.5 Å². The number of fused-ring (bicyclic) bond motifs is 1. The van der Waals surface area contributed by atoms with Crippen LogP contribution in [-0.4, -0.2) is 52.1 Å². The zero-order chi connectivity index (χ0) is 19.0. The Balaban J connectivity index is 1.56. The van der Waals surface area contributed by atoms with Crippen molar-refractivity contribution in [1.82, 2.24) is 19.5 Å². The van der Waals surface area contributed by atoms with E-state index in [1.807, 2.05) is 29.8 Å². The second-order valence-corrected chi connectivity index (χ2v) is 8.26. The monoisotopic (exact) mass is 369 g/mol. The van der Waals surface area contributed by atoms with Crippen molar-refractivity contribution in [3.63, 3.8) is 0 Å². The molecule has 3 heterocycles. The number of imidazole rings is 1. The molecule has 0 aromatic carbocycles. The first-order chi connectivity index (χ1) is 12.9. The van der Waals surface area contributed by atoms with Gasteiger partial charge >= 0.3 is 0 Å². The summed E-state index contributed by atoms with van der Waals surface area (Å²) in [6.45, 7) is 3.93. The molecule has 7 heteroatoms. The van der Waals surface area contributed by atoms with Crippen LogP contribution in [0, 0.1) is 5.41 Å². The number of anilines is 1. The predicted octanol–water partition coefficient (Wildman–Crippen LogP) is 2.19. The van der Waals surface area contributed by atoms with Crippen LogP contribution in [-0.2, 0) is 29.4 Å². The molecule has 0 N–H and O–H groups in total. The molecule has 1 unspecified atom stereocenters. The van der Waals surface area contributed by atoms with Crippen molar-refractivity contribution >= 4 is 11.6 Å². The summed E-state index contributed by atoms with van der Waals surface area (Å²) in [5.74, 6) is 1.75. The molecule has 2 aromatic heterocycles. The molecular weight excluding hydrogens is 342 g/mol. The van der Waals surface area contributed by atoms with Crippen LogP contribution in [0.2, 0.25) is 0 Å². The number of Topliss-reactive ketones (excluding diaryl/α,β-unsaturated/α-hetero) is 1. The molecule has 0 amide bonds. The highest BCUT2D eigenvalue weighted by molar-refractivity contribution is 5.84. The van der Waals surface area contributed by atoms with Gasteiger partial charge in [-0.15, -0.1) is 0 Å². The molecule has 0 spiro atoms. The molecular formula is C20H27N5O2. The van der Waals surface area contributed by atoms with Gasteiger partial charge in [-0.1, -0.05) is 6.92 Å². The zero-order valence-corrected chi connectivity index (χ0v) is 16.4. The van der Waals surface area contributed by atoms with Crippen molar-refractivity contribution in [2.24, 2.45) is 12.5 Å². The van der Waals surface area contributed by atoms with Crippen LogP contribution < -0.4 is 4.90 Å². The van der Waals surface area contributed by atoms with E-state index in [4.69, 9.17) is 14.7 Å². The number of hydrogen-bond donors (Lipinski definition) is 0. The number of rotatable bonds is 6. The summed E-state index contributed by atoms with van der Waals surface area (Å²) in [6.07, 6.45) is 8.20. The molecule has 1 atom stereocenters. The summed E-state index contributed by atoms with van der Waals surface area (Å²) in [5, 5.41) is 0. The Labute approximate surface area is 159 Å². The van der Waals surface area contributed by atoms with E-state index in [1.54, 1.807) is 6.33 Å². The van der Waals surface area contributed by atoms with Gasteiger partial charge in [-0.25, -0.2) is 15.0 Å². The summed E-state index contributed by atoms with van der Waals surface area (Å²) >= 11 is 0. The molecule has 0 radical (unpaired) electrons. The molecule has 0 bridgehead atoms. The van der Waals surface area contributed by atoms with Crippen molar-refractivity contribution in [3.05, 3.63) is 23.8 Å². The third kappa shape index (κ3) is 3.74. The fraction of sp³-hybridized carbons (Fsp3) is 0.600. The van der Waals surface area contributed by atoms with E-state index < -0.39 is 0 Å². The molecule has 2 aliphatic rings. The van der Waals surface area contributed by atoms with Gasteiger partial charge in [0, 0.05) is 50.0 Å². The first-order valence-electron chi connectivity index (χ1n) is 9.62. The number of likely N-dealkylation sites (N-methyl/N-ethyl adjacent to an activating group) is 1. The Hall–Kier alpha value is -2.28. The molecule has 0 saturated carbocycles. The first kappa shape index (κ1) is 18.1. The van der Waals surface area contributed by atoms with Crippen molar-refractivity contribution in [2.75, 3.05) is 31.7 Å². The van der Waals surface area contributed by atoms with E-state index in [0.29, 0.717) is 25.4 Å². The van der Waals surface area contributed by atoms with E-state index in [0.717, 1.165) is 49.5 Å². The maximum atomic E-state index is 12.7. The van der Waals surface area contributed by atoms with E-state index in [1.165, 1.54) is 5.56 Å². The number of hydrogen-bond acceptors (Lipinski definition) is 6. The highest BCUT2D eigenvalue weighted by Crippen LogP contribution is 2.33. The minimum atomic E-state index is -0.0232. The molecule has 2 aromatic rings. The zero-order valence-electron chi connectivity index (χ0n) is 16.4. The van der Waals surface area contributed by atoms with E-state index in [2.05, 4.69) is 11.9 Å². The summed E-state index contributed by atoms with van der Waals surface area (Å²) in [6, 6.07) is 0. The minimum Gasteiger partial charge on any atom is -0.381 e. The van der Waals surface area contributed by atoms with Crippen molar-refractivity contribution in [2.45, 2.75) is 39.0 Å². The molecule has 144 valence electrons. The van der Waals surface area contributed by atoms with E-state index in [9.17, 15) is 4.79 Å². The van der Waals surface area contributed by atoms with Crippen LogP contribution in [0.4, 0.5) is 5.82 Å². The van der Waals surface area contributed by atoms with Gasteiger partial charge in [0.2, 0.25) is 0 Å². The fourth-order valence-electron chi connectivity index (χ4n) is 4.09. The summed E-state index contributed by atoms with van der Waals surface area (Å²) in [5.41, 5.74) is 3.02. The number of carbonyl (C=O) groups excluding carboxylic acids is 1. The minimum absolute atomic E-state index is 0.0232. The van der Waals surface area contributed by atoms with Crippen LogP contribution in [0.3, 0.4) is 0 Å². The average Bonchev–Trinajstić information content (AvgIpc) is 3.34. The smallest absolute Gasteiger partial charge is 0.182 e. The molecule has 27 heavy (non-hydrogen) atoms. The van der Waals surface area contributed by atoms with Gasteiger partial charge < -0.3 is 14.2 Å². The lowest BCUT2D eigenvalue weighted by atomic mass is 9.84. The fourth-order valence-corrected chi connectivity index (χ4v) is 4.09. The standard InChI is InChI=1S/C20H27N5O2/c1-20(7-8-27-12-20)9-14(26)10-25(3)19-15-5-4-6-16(15)22-18(23-19)17-11-24(2)13-21-17/h11,13H,4-10,12H2,1-3H3. The number of ketones is 1. The normalized spacial score (nSPS) is 21.4. The van der Waals surface area contributed by atoms with Gasteiger partial charge in [0.15, 0.2) is 11.6 Å². The Morgan fingerprint density at radius 3 is 2.93 bits per heavy atom. The van der Waals surface area contributed by atoms with E-state index >= 15 is 0 Å². The van der Waals surface area contributed by atoms with Crippen molar-refractivity contribution in [1.29, 1.82) is 0 Å². The Bertz CT molecular complexity index is 854. The molecule has 1 saturated heterocycles. The second kappa shape index (κ2) is 7.03. The lowest BCUT2D eigenvalue weighted by molar-refractivity contribution is -0.119. The summed E-state index contributed by atoms with van der Waals surface area (Å²) in [7, 11) is 3.89. The van der Waals surface area contributed by atoms with Crippen LogP contribution in [0.1, 0.15) is 37.4 Å². The van der Waals surface area contributed by atoms with Gasteiger partial charge in [0.05, 0.1) is 19.5 Å². The topological polar surface area (TPSA) is 73.1 Å². The lowest BCUT2D eigenvalue weighted by Gasteiger charge is -2.24. The van der Waals surface area contributed by atoms with Gasteiger partial charge in [-0.2, -0.15) is 0 Å². The van der Waals surface area contributed by atoms with Gasteiger partial charge in [-0.3, -0.25) is 4.79 Å². The van der Waals surface area contributed by atoms with Crippen LogP contribution in [0.15, 0.2) is 12.5 Å². The Morgan fingerprint density at radius 1 is 1.37 bits per heavy atom. The average molecular weight is 369 g/mol. The summed E-state index contributed by atoms with van der Waals surface area (Å²) in [4.78, 5) is 28.6. The maximum Gasteiger partial charge on any atom is 0.182 e.